The zero-order valence-electron chi connectivity index (χ0n) is 26.1. The maximum Gasteiger partial charge on any atom is 0.311 e. The molecule has 13 nitrogen and oxygen atoms in total. The minimum atomic E-state index is -4.05. The van der Waals surface area contributed by atoms with Crippen molar-refractivity contribution in [1.82, 2.24) is 25.5 Å². The van der Waals surface area contributed by atoms with E-state index in [4.69, 9.17) is 20.9 Å². The summed E-state index contributed by atoms with van der Waals surface area (Å²) in [5, 5.41) is 12.5. The van der Waals surface area contributed by atoms with E-state index in [-0.39, 0.29) is 12.0 Å². The highest BCUT2D eigenvalue weighted by atomic mass is 35.5. The fraction of sp³-hybridized carbons (Fsp3) is 0.433. The van der Waals surface area contributed by atoms with Crippen molar-refractivity contribution in [2.45, 2.75) is 65.3 Å². The first-order valence-electron chi connectivity index (χ1n) is 14.1. The van der Waals surface area contributed by atoms with Crippen LogP contribution >= 0.6 is 11.6 Å². The quantitative estimate of drug-likeness (QED) is 0.198. The number of hydrogen-bond donors (Lipinski definition) is 4. The fourth-order valence-corrected chi connectivity index (χ4v) is 5.01. The summed E-state index contributed by atoms with van der Waals surface area (Å²) in [7, 11) is -4.05. The molecular weight excluding hydrogens is 624 g/mol. The van der Waals surface area contributed by atoms with E-state index in [1.165, 1.54) is 0 Å². The number of halogens is 1. The van der Waals surface area contributed by atoms with Crippen molar-refractivity contribution in [1.29, 1.82) is 0 Å². The van der Waals surface area contributed by atoms with Crippen molar-refractivity contribution in [2.75, 3.05) is 18.5 Å². The maximum absolute atomic E-state index is 13.0. The number of sulfonamides is 1. The zero-order chi connectivity index (χ0) is 33.4. The van der Waals surface area contributed by atoms with Gasteiger partial charge in [-0.05, 0) is 61.3 Å². The summed E-state index contributed by atoms with van der Waals surface area (Å²) in [4.78, 5) is 42.1. The molecule has 0 saturated heterocycles. The highest BCUT2D eigenvalue weighted by Gasteiger charge is 2.30. The van der Waals surface area contributed by atoms with E-state index in [1.54, 1.807) is 69.3 Å². The number of anilines is 2. The van der Waals surface area contributed by atoms with Crippen LogP contribution in [0.1, 0.15) is 58.6 Å². The van der Waals surface area contributed by atoms with Crippen LogP contribution in [-0.4, -0.2) is 55.5 Å². The molecule has 4 N–H and O–H groups in total. The molecular formula is C30H39ClN6O7S. The van der Waals surface area contributed by atoms with Crippen LogP contribution in [-0.2, 0) is 46.9 Å². The Bertz CT molecular complexity index is 1580. The molecule has 0 spiro atoms. The third kappa shape index (κ3) is 11.8. The number of hydrogen-bond acceptors (Lipinski definition) is 10. The van der Waals surface area contributed by atoms with E-state index in [2.05, 4.69) is 30.8 Å². The van der Waals surface area contributed by atoms with Crippen molar-refractivity contribution in [2.24, 2.45) is 5.41 Å². The Morgan fingerprint density at radius 3 is 2.13 bits per heavy atom. The number of amides is 2. The summed E-state index contributed by atoms with van der Waals surface area (Å²) in [6, 6.07) is 11.9. The van der Waals surface area contributed by atoms with Crippen LogP contribution in [0.5, 0.6) is 0 Å². The molecule has 0 bridgehead atoms. The monoisotopic (exact) mass is 662 g/mol. The van der Waals surface area contributed by atoms with Gasteiger partial charge >= 0.3 is 5.97 Å². The molecule has 0 aliphatic rings. The molecule has 0 radical (unpaired) electrons. The maximum atomic E-state index is 13.0. The van der Waals surface area contributed by atoms with Crippen LogP contribution in [0.25, 0.3) is 0 Å². The van der Waals surface area contributed by atoms with Crippen LogP contribution in [0.3, 0.4) is 0 Å². The van der Waals surface area contributed by atoms with Crippen molar-refractivity contribution in [3.8, 4) is 0 Å². The highest BCUT2D eigenvalue weighted by Crippen LogP contribution is 2.22. The van der Waals surface area contributed by atoms with Gasteiger partial charge in [0.25, 0.3) is 5.95 Å². The van der Waals surface area contributed by atoms with Crippen molar-refractivity contribution in [3.63, 3.8) is 0 Å². The summed E-state index contributed by atoms with van der Waals surface area (Å²) >= 11 is 5.87. The van der Waals surface area contributed by atoms with E-state index >= 15 is 0 Å². The first-order valence-corrected chi connectivity index (χ1v) is 16.1. The third-order valence-corrected chi connectivity index (χ3v) is 7.70. The Morgan fingerprint density at radius 1 is 0.933 bits per heavy atom. The van der Waals surface area contributed by atoms with Gasteiger partial charge in [-0.25, -0.2) is 8.42 Å². The van der Waals surface area contributed by atoms with Crippen LogP contribution in [0.15, 0.2) is 53.1 Å². The summed E-state index contributed by atoms with van der Waals surface area (Å²) in [6.07, 6.45) is 0. The average molecular weight is 663 g/mol. The number of nitrogens with one attached hydrogen (secondary N) is 4. The molecule has 1 heterocycles. The van der Waals surface area contributed by atoms with Crippen molar-refractivity contribution >= 4 is 51.0 Å². The summed E-state index contributed by atoms with van der Waals surface area (Å²) in [5.41, 5.74) is 0.785. The molecule has 45 heavy (non-hydrogen) atoms. The smallest absolute Gasteiger partial charge is 0.311 e. The van der Waals surface area contributed by atoms with Gasteiger partial charge in [-0.2, -0.15) is 9.71 Å². The molecule has 0 fully saturated rings. The van der Waals surface area contributed by atoms with Gasteiger partial charge < -0.3 is 25.2 Å². The number of aromatic nitrogens is 2. The molecule has 3 rings (SSSR count). The molecule has 0 saturated carbocycles. The van der Waals surface area contributed by atoms with Gasteiger partial charge in [0.15, 0.2) is 0 Å². The Hall–Kier alpha value is -4.01. The standard InChI is InChI=1S/C30H39ClN6O7S/c1-29(2,3)26-35-28(36-44-26)34-22-13-9-19(10-14-22)15-32-24(38)16-33-25(39)23(17-43-27(40)30(4,5)6)37-45(41,42)18-20-7-11-21(31)12-8-20/h7-14,23,37H,15-18H2,1-6H3,(H,32,38)(H,33,39)(H,34,36). The first kappa shape index (κ1) is 35.5. The second kappa shape index (κ2) is 14.8. The van der Waals surface area contributed by atoms with E-state index in [0.717, 1.165) is 11.3 Å². The van der Waals surface area contributed by atoms with E-state index in [0.29, 0.717) is 22.4 Å². The van der Waals surface area contributed by atoms with Crippen LogP contribution in [0.4, 0.5) is 11.6 Å². The van der Waals surface area contributed by atoms with Crippen LogP contribution in [0.2, 0.25) is 5.02 Å². The molecule has 1 aromatic heterocycles. The lowest BCUT2D eigenvalue weighted by atomic mass is 9.97. The van der Waals surface area contributed by atoms with Gasteiger partial charge in [0.05, 0.1) is 17.7 Å². The second-order valence-electron chi connectivity index (χ2n) is 12.4. The minimum Gasteiger partial charge on any atom is -0.463 e. The molecule has 244 valence electrons. The Balaban J connectivity index is 1.54. The lowest BCUT2D eigenvalue weighted by Gasteiger charge is -2.21. The Labute approximate surface area is 267 Å². The van der Waals surface area contributed by atoms with Crippen molar-refractivity contribution in [3.05, 3.63) is 70.6 Å². The molecule has 15 heteroatoms. The predicted octanol–water partition coefficient (Wildman–Crippen LogP) is 3.57. The lowest BCUT2D eigenvalue weighted by Crippen LogP contribution is -2.51. The third-order valence-electron chi connectivity index (χ3n) is 6.09. The average Bonchev–Trinajstić information content (AvgIpc) is 3.43. The van der Waals surface area contributed by atoms with Gasteiger partial charge in [-0.3, -0.25) is 14.4 Å². The zero-order valence-corrected chi connectivity index (χ0v) is 27.6. The molecule has 1 atom stereocenters. The van der Waals surface area contributed by atoms with Gasteiger partial charge in [0.2, 0.25) is 27.7 Å². The van der Waals surface area contributed by atoms with Crippen LogP contribution < -0.4 is 20.7 Å². The van der Waals surface area contributed by atoms with Gasteiger partial charge in [-0.15, -0.1) is 0 Å². The van der Waals surface area contributed by atoms with Gasteiger partial charge in [0, 0.05) is 22.7 Å². The summed E-state index contributed by atoms with van der Waals surface area (Å²) in [5.74, 6) is -1.58. The first-order chi connectivity index (χ1) is 20.9. The summed E-state index contributed by atoms with van der Waals surface area (Å²) < 4.78 is 38.5. The van der Waals surface area contributed by atoms with Crippen molar-refractivity contribution < 1.29 is 32.1 Å². The van der Waals surface area contributed by atoms with E-state index in [1.807, 2.05) is 20.8 Å². The van der Waals surface area contributed by atoms with Crippen LogP contribution in [0, 0.1) is 5.41 Å². The Kier molecular flexibility index (Phi) is 11.7. The molecule has 0 aliphatic heterocycles. The largest absolute Gasteiger partial charge is 0.463 e. The minimum absolute atomic E-state index is 0.172. The molecule has 3 aromatic rings. The normalized spacial score (nSPS) is 12.7. The number of carbonyl (C=O) groups is 3. The number of rotatable bonds is 13. The van der Waals surface area contributed by atoms with Gasteiger partial charge in [-0.1, -0.05) is 56.6 Å². The van der Waals surface area contributed by atoms with Gasteiger partial charge in [0.1, 0.15) is 12.6 Å². The van der Waals surface area contributed by atoms with E-state index < -0.39 is 58.2 Å². The molecule has 1 unspecified atom stereocenters. The Morgan fingerprint density at radius 2 is 1.56 bits per heavy atom. The number of ether oxygens (including phenoxy) is 1. The highest BCUT2D eigenvalue weighted by molar-refractivity contribution is 7.88. The number of benzene rings is 2. The SMILES string of the molecule is CC(C)(C)C(=O)OCC(NS(=O)(=O)Cc1ccc(Cl)cc1)C(=O)NCC(=O)NCc1ccc(Nc2noc(C(C)(C)C)n2)cc1. The predicted molar refractivity (Wildman–Crippen MR) is 169 cm³/mol. The summed E-state index contributed by atoms with van der Waals surface area (Å²) in [6.45, 7) is 9.95. The van der Waals surface area contributed by atoms with E-state index in [9.17, 15) is 22.8 Å². The molecule has 0 aliphatic carbocycles. The second-order valence-corrected chi connectivity index (χ2v) is 14.6. The topological polar surface area (TPSA) is 182 Å². The number of esters is 1. The molecule has 2 amide bonds. The molecule has 2 aromatic carbocycles. The fourth-order valence-electron chi connectivity index (χ4n) is 3.56. The number of nitrogens with zero attached hydrogens (tertiary/aromatic N) is 2. The number of carbonyl (C=O) groups excluding carboxylic acids is 3. The lowest BCUT2D eigenvalue weighted by molar-refractivity contribution is -0.154.